The summed E-state index contributed by atoms with van der Waals surface area (Å²) in [5, 5.41) is 0.805. The van der Waals surface area contributed by atoms with Gasteiger partial charge in [0.2, 0.25) is 5.91 Å². The van der Waals surface area contributed by atoms with Crippen LogP contribution in [0.2, 0.25) is 5.02 Å². The summed E-state index contributed by atoms with van der Waals surface area (Å²) < 4.78 is 0. The molecule has 4 heteroatoms. The summed E-state index contributed by atoms with van der Waals surface area (Å²) in [6, 6.07) is 8.07. The first-order valence-corrected chi connectivity index (χ1v) is 16.5. The summed E-state index contributed by atoms with van der Waals surface area (Å²) in [5.41, 5.74) is 2.23. The second-order valence-corrected chi connectivity index (χ2v) is 14.9. The van der Waals surface area contributed by atoms with Crippen molar-refractivity contribution in [3.05, 3.63) is 29.3 Å². The maximum absolute atomic E-state index is 13.2. The van der Waals surface area contributed by atoms with Crippen molar-refractivity contribution in [2.45, 2.75) is 97.8 Å². The number of carbonyl (C=O) groups excluding carboxylic acids is 1. The van der Waals surface area contributed by atoms with Crippen molar-refractivity contribution < 1.29 is 4.79 Å². The van der Waals surface area contributed by atoms with E-state index in [4.69, 9.17) is 11.6 Å². The Labute approximate surface area is 237 Å². The summed E-state index contributed by atoms with van der Waals surface area (Å²) in [4.78, 5) is 17.7. The molecule has 6 rings (SSSR count). The van der Waals surface area contributed by atoms with Gasteiger partial charge in [0.25, 0.3) is 0 Å². The van der Waals surface area contributed by atoms with Crippen LogP contribution in [0.5, 0.6) is 0 Å². The average Bonchev–Trinajstić information content (AvgIpc) is 3.29. The van der Waals surface area contributed by atoms with E-state index in [-0.39, 0.29) is 0 Å². The molecule has 1 aromatic rings. The number of carbonyl (C=O) groups is 1. The lowest BCUT2D eigenvalue weighted by Gasteiger charge is -2.61. The maximum Gasteiger partial charge on any atom is 0.222 e. The standard InChI is InChI=1S/C34H51ClN2O/c1-24(11-16-32(38)37-22-20-36(21-23-37)31-10-5-4-9-30(31)35)27-14-15-28-26-13-12-25-8-6-7-18-33(25,2)29(26)17-19-34(27,28)3/h4-5,9-10,24-29H,6-8,11-23H2,1-3H3/t24-,25+,26?,27-,28?,29?,33+,34-/m1/s1. The first-order chi connectivity index (χ1) is 18.3. The lowest BCUT2D eigenvalue weighted by atomic mass is 9.44. The lowest BCUT2D eigenvalue weighted by Crippen LogP contribution is -2.53. The van der Waals surface area contributed by atoms with E-state index >= 15 is 0 Å². The van der Waals surface area contributed by atoms with Crippen molar-refractivity contribution in [1.82, 2.24) is 4.90 Å². The summed E-state index contributed by atoms with van der Waals surface area (Å²) in [6.07, 6.45) is 16.5. The zero-order chi connectivity index (χ0) is 26.5. The molecule has 1 saturated heterocycles. The van der Waals surface area contributed by atoms with E-state index in [0.29, 0.717) is 22.7 Å². The number of amides is 1. The van der Waals surface area contributed by atoms with Crippen molar-refractivity contribution >= 4 is 23.2 Å². The molecule has 5 aliphatic rings. The SMILES string of the molecule is C[C@H](CCC(=O)N1CCN(c2ccccc2Cl)CC1)[C@H]1CCC2C3CC[C@@H]4CCCC[C@]4(C)C3CC[C@@]21C. The van der Waals surface area contributed by atoms with Gasteiger partial charge >= 0.3 is 0 Å². The molecule has 1 heterocycles. The van der Waals surface area contributed by atoms with Crippen LogP contribution in [-0.2, 0) is 4.79 Å². The summed E-state index contributed by atoms with van der Waals surface area (Å²) in [5.74, 6) is 5.72. The molecule has 0 N–H and O–H groups in total. The molecule has 3 unspecified atom stereocenters. The number of hydrogen-bond acceptors (Lipinski definition) is 2. The van der Waals surface area contributed by atoms with Crippen LogP contribution >= 0.6 is 11.6 Å². The van der Waals surface area contributed by atoms with E-state index in [2.05, 4.69) is 36.6 Å². The third-order valence-corrected chi connectivity index (χ3v) is 13.3. The number of hydrogen-bond donors (Lipinski definition) is 0. The van der Waals surface area contributed by atoms with Crippen LogP contribution in [0.25, 0.3) is 0 Å². The Hall–Kier alpha value is -1.22. The predicted octanol–water partition coefficient (Wildman–Crippen LogP) is 8.45. The smallest absolute Gasteiger partial charge is 0.222 e. The molecule has 210 valence electrons. The van der Waals surface area contributed by atoms with Crippen LogP contribution in [0, 0.1) is 46.3 Å². The van der Waals surface area contributed by atoms with Crippen molar-refractivity contribution in [2.24, 2.45) is 46.3 Å². The van der Waals surface area contributed by atoms with Gasteiger partial charge in [0.15, 0.2) is 0 Å². The fourth-order valence-electron chi connectivity index (χ4n) is 10.9. The third kappa shape index (κ3) is 4.61. The van der Waals surface area contributed by atoms with Crippen molar-refractivity contribution in [3.63, 3.8) is 0 Å². The molecule has 3 nitrogen and oxygen atoms in total. The van der Waals surface area contributed by atoms with Crippen molar-refractivity contribution in [3.8, 4) is 0 Å². The minimum absolute atomic E-state index is 0.364. The Morgan fingerprint density at radius 2 is 1.68 bits per heavy atom. The molecule has 8 atom stereocenters. The fraction of sp³-hybridized carbons (Fsp3) is 0.794. The molecule has 4 aliphatic carbocycles. The molecule has 0 radical (unpaired) electrons. The van der Waals surface area contributed by atoms with E-state index in [1.165, 1.54) is 64.2 Å². The first kappa shape index (κ1) is 27.0. The Morgan fingerprint density at radius 3 is 2.47 bits per heavy atom. The van der Waals surface area contributed by atoms with Gasteiger partial charge in [0.05, 0.1) is 10.7 Å². The molecule has 0 spiro atoms. The molecule has 0 aromatic heterocycles. The van der Waals surface area contributed by atoms with E-state index in [1.807, 2.05) is 18.2 Å². The van der Waals surface area contributed by atoms with Gasteiger partial charge in [-0.05, 0) is 116 Å². The second-order valence-electron chi connectivity index (χ2n) is 14.5. The van der Waals surface area contributed by atoms with Crippen molar-refractivity contribution in [2.75, 3.05) is 31.1 Å². The van der Waals surface area contributed by atoms with Crippen molar-refractivity contribution in [1.29, 1.82) is 0 Å². The minimum atomic E-state index is 0.364. The second kappa shape index (κ2) is 10.6. The van der Waals surface area contributed by atoms with Gasteiger partial charge in [-0.25, -0.2) is 0 Å². The Morgan fingerprint density at radius 1 is 0.921 bits per heavy atom. The number of para-hydroxylation sites is 1. The monoisotopic (exact) mass is 538 g/mol. The molecule has 1 amide bonds. The highest BCUT2D eigenvalue weighted by Gasteiger charge is 2.60. The number of piperazine rings is 1. The maximum atomic E-state index is 13.2. The van der Waals surface area contributed by atoms with Gasteiger partial charge in [-0.1, -0.05) is 57.3 Å². The highest BCUT2D eigenvalue weighted by Crippen LogP contribution is 2.68. The Kier molecular flexibility index (Phi) is 7.55. The molecule has 5 fully saturated rings. The number of benzene rings is 1. The summed E-state index contributed by atoms with van der Waals surface area (Å²) in [7, 11) is 0. The zero-order valence-corrected chi connectivity index (χ0v) is 25.0. The van der Waals surface area contributed by atoms with Crippen LogP contribution < -0.4 is 4.90 Å². The first-order valence-electron chi connectivity index (χ1n) is 16.1. The number of anilines is 1. The highest BCUT2D eigenvalue weighted by atomic mass is 35.5. The van der Waals surface area contributed by atoms with E-state index in [9.17, 15) is 4.79 Å². The number of rotatable bonds is 5. The molecule has 38 heavy (non-hydrogen) atoms. The molecule has 1 aliphatic heterocycles. The van der Waals surface area contributed by atoms with Gasteiger partial charge in [-0.15, -0.1) is 0 Å². The molecular weight excluding hydrogens is 488 g/mol. The fourth-order valence-corrected chi connectivity index (χ4v) is 11.1. The van der Waals surface area contributed by atoms with Crippen LogP contribution in [0.15, 0.2) is 24.3 Å². The van der Waals surface area contributed by atoms with Crippen LogP contribution in [-0.4, -0.2) is 37.0 Å². The summed E-state index contributed by atoms with van der Waals surface area (Å²) >= 11 is 6.42. The molecule has 1 aromatic carbocycles. The average molecular weight is 539 g/mol. The lowest BCUT2D eigenvalue weighted by molar-refractivity contribution is -0.132. The Balaban J connectivity index is 1.03. The van der Waals surface area contributed by atoms with Gasteiger partial charge in [-0.2, -0.15) is 0 Å². The van der Waals surface area contributed by atoms with E-state index in [0.717, 1.165) is 79.3 Å². The highest BCUT2D eigenvalue weighted by molar-refractivity contribution is 6.33. The third-order valence-electron chi connectivity index (χ3n) is 13.0. The predicted molar refractivity (Wildman–Crippen MR) is 158 cm³/mol. The van der Waals surface area contributed by atoms with Gasteiger partial charge < -0.3 is 9.80 Å². The summed E-state index contributed by atoms with van der Waals surface area (Å²) in [6.45, 7) is 11.2. The number of fused-ring (bicyclic) bond motifs is 5. The van der Waals surface area contributed by atoms with Gasteiger partial charge in [0, 0.05) is 32.6 Å². The van der Waals surface area contributed by atoms with Gasteiger partial charge in [0.1, 0.15) is 0 Å². The topological polar surface area (TPSA) is 23.6 Å². The molecule has 0 bridgehead atoms. The molecule has 4 saturated carbocycles. The number of nitrogens with zero attached hydrogens (tertiary/aromatic N) is 2. The number of halogens is 1. The Bertz CT molecular complexity index is 1000. The van der Waals surface area contributed by atoms with Crippen LogP contribution in [0.1, 0.15) is 97.8 Å². The zero-order valence-electron chi connectivity index (χ0n) is 24.3. The van der Waals surface area contributed by atoms with E-state index < -0.39 is 0 Å². The normalized spacial score (nSPS) is 39.7. The minimum Gasteiger partial charge on any atom is -0.367 e. The van der Waals surface area contributed by atoms with Crippen LogP contribution in [0.3, 0.4) is 0 Å². The van der Waals surface area contributed by atoms with Crippen LogP contribution in [0.4, 0.5) is 5.69 Å². The van der Waals surface area contributed by atoms with E-state index in [1.54, 1.807) is 0 Å². The molecular formula is C34H51ClN2O. The largest absolute Gasteiger partial charge is 0.367 e. The van der Waals surface area contributed by atoms with Gasteiger partial charge in [-0.3, -0.25) is 4.79 Å². The quantitative estimate of drug-likeness (QED) is 0.375.